The first-order valence-electron chi connectivity index (χ1n) is 7.96. The molecule has 2 heterocycles. The Morgan fingerprint density at radius 3 is 2.69 bits per heavy atom. The molecule has 0 aliphatic carbocycles. The van der Waals surface area contributed by atoms with Gasteiger partial charge in [0, 0.05) is 18.1 Å². The van der Waals surface area contributed by atoms with Gasteiger partial charge in [-0.2, -0.15) is 0 Å². The number of hydrogen-bond acceptors (Lipinski definition) is 4. The van der Waals surface area contributed by atoms with Gasteiger partial charge in [0.15, 0.2) is 0 Å². The van der Waals surface area contributed by atoms with E-state index in [-0.39, 0.29) is 22.0 Å². The van der Waals surface area contributed by atoms with Crippen molar-refractivity contribution in [1.82, 2.24) is 0 Å². The summed E-state index contributed by atoms with van der Waals surface area (Å²) >= 11 is 6.94. The predicted octanol–water partition coefficient (Wildman–Crippen LogP) is 4.53. The molecule has 0 bridgehead atoms. The van der Waals surface area contributed by atoms with Crippen molar-refractivity contribution < 1.29 is 19.0 Å². The third kappa shape index (κ3) is 3.54. The number of rotatable bonds is 4. The SMILES string of the molecule is [C-]#[N+]c1c(N2CCOCC2)sc(C(=O)O)c1Cc1c(C)cc(Cl)cc1F. The Bertz CT molecular complexity index is 878. The van der Waals surface area contributed by atoms with Crippen molar-refractivity contribution in [2.75, 3.05) is 31.2 Å². The molecule has 2 aromatic rings. The van der Waals surface area contributed by atoms with Crippen LogP contribution in [0.1, 0.15) is 26.4 Å². The van der Waals surface area contributed by atoms with Gasteiger partial charge in [0.25, 0.3) is 0 Å². The Morgan fingerprint density at radius 1 is 1.42 bits per heavy atom. The van der Waals surface area contributed by atoms with Crippen LogP contribution in [0.3, 0.4) is 0 Å². The first kappa shape index (κ1) is 18.6. The lowest BCUT2D eigenvalue weighted by Crippen LogP contribution is -2.35. The van der Waals surface area contributed by atoms with E-state index in [1.807, 2.05) is 4.90 Å². The summed E-state index contributed by atoms with van der Waals surface area (Å²) in [6.07, 6.45) is 0.0367. The van der Waals surface area contributed by atoms with Crippen molar-refractivity contribution in [3.63, 3.8) is 0 Å². The van der Waals surface area contributed by atoms with Crippen LogP contribution in [0.5, 0.6) is 0 Å². The van der Waals surface area contributed by atoms with Crippen molar-refractivity contribution in [1.29, 1.82) is 0 Å². The maximum Gasteiger partial charge on any atom is 0.344 e. The zero-order valence-corrected chi connectivity index (χ0v) is 15.6. The van der Waals surface area contributed by atoms with E-state index in [4.69, 9.17) is 22.9 Å². The molecule has 1 aromatic carbocycles. The molecule has 0 radical (unpaired) electrons. The molecule has 1 fully saturated rings. The minimum absolute atomic E-state index is 0.0367. The largest absolute Gasteiger partial charge is 0.477 e. The standard InChI is InChI=1S/C18H16ClFN2O3S/c1-10-7-11(19)8-14(20)12(10)9-13-15(21-2)17(26-16(13)18(23)24)22-3-5-25-6-4-22/h7-8H,3-6,9H2,1H3,(H,23,24). The van der Waals surface area contributed by atoms with Gasteiger partial charge in [0.2, 0.25) is 5.69 Å². The number of anilines is 1. The zero-order valence-electron chi connectivity index (χ0n) is 14.0. The van der Waals surface area contributed by atoms with E-state index in [1.54, 1.807) is 13.0 Å². The van der Waals surface area contributed by atoms with Crippen LogP contribution in [-0.4, -0.2) is 37.4 Å². The van der Waals surface area contributed by atoms with Gasteiger partial charge in [0.05, 0.1) is 24.8 Å². The van der Waals surface area contributed by atoms with E-state index < -0.39 is 11.8 Å². The monoisotopic (exact) mass is 394 g/mol. The summed E-state index contributed by atoms with van der Waals surface area (Å²) in [6, 6.07) is 2.84. The highest BCUT2D eigenvalue weighted by atomic mass is 35.5. The highest BCUT2D eigenvalue weighted by Crippen LogP contribution is 2.44. The maximum absolute atomic E-state index is 14.4. The number of nitrogens with zero attached hydrogens (tertiary/aromatic N) is 2. The molecule has 0 spiro atoms. The molecule has 0 unspecified atom stereocenters. The molecule has 0 saturated carbocycles. The van der Waals surface area contributed by atoms with Gasteiger partial charge in [-0.1, -0.05) is 11.6 Å². The smallest absolute Gasteiger partial charge is 0.344 e. The van der Waals surface area contributed by atoms with E-state index in [9.17, 15) is 14.3 Å². The summed E-state index contributed by atoms with van der Waals surface area (Å²) in [7, 11) is 0. The van der Waals surface area contributed by atoms with Crippen LogP contribution in [-0.2, 0) is 11.2 Å². The molecule has 1 saturated heterocycles. The van der Waals surface area contributed by atoms with Crippen LogP contribution in [0, 0.1) is 19.3 Å². The zero-order chi connectivity index (χ0) is 18.8. The van der Waals surface area contributed by atoms with E-state index in [0.29, 0.717) is 48.0 Å². The molecular weight excluding hydrogens is 379 g/mol. The van der Waals surface area contributed by atoms with Gasteiger partial charge in [-0.3, -0.25) is 0 Å². The van der Waals surface area contributed by atoms with E-state index in [0.717, 1.165) is 11.3 Å². The minimum atomic E-state index is -1.11. The van der Waals surface area contributed by atoms with Crippen LogP contribution in [0.2, 0.25) is 5.02 Å². The van der Waals surface area contributed by atoms with Crippen LogP contribution < -0.4 is 4.90 Å². The van der Waals surface area contributed by atoms with E-state index >= 15 is 0 Å². The number of thiophene rings is 1. The van der Waals surface area contributed by atoms with Crippen molar-refractivity contribution in [2.24, 2.45) is 0 Å². The average Bonchev–Trinajstić information content (AvgIpc) is 2.97. The second-order valence-electron chi connectivity index (χ2n) is 5.94. The molecule has 1 aromatic heterocycles. The van der Waals surface area contributed by atoms with Crippen LogP contribution >= 0.6 is 22.9 Å². The summed E-state index contributed by atoms with van der Waals surface area (Å²) in [5.41, 5.74) is 1.61. The fourth-order valence-electron chi connectivity index (χ4n) is 3.01. The topological polar surface area (TPSA) is 54.1 Å². The van der Waals surface area contributed by atoms with Gasteiger partial charge >= 0.3 is 5.97 Å². The Morgan fingerprint density at radius 2 is 2.12 bits per heavy atom. The minimum Gasteiger partial charge on any atom is -0.477 e. The predicted molar refractivity (Wildman–Crippen MR) is 99.5 cm³/mol. The van der Waals surface area contributed by atoms with Crippen molar-refractivity contribution >= 4 is 39.6 Å². The molecule has 0 atom stereocenters. The molecule has 0 amide bonds. The fraction of sp³-hybridized carbons (Fsp3) is 0.333. The van der Waals surface area contributed by atoms with Gasteiger partial charge in [-0.25, -0.2) is 14.0 Å². The molecule has 1 N–H and O–H groups in total. The van der Waals surface area contributed by atoms with E-state index in [1.165, 1.54) is 6.07 Å². The summed E-state index contributed by atoms with van der Waals surface area (Å²) < 4.78 is 19.7. The van der Waals surface area contributed by atoms with Gasteiger partial charge in [-0.05, 0) is 42.2 Å². The maximum atomic E-state index is 14.4. The van der Waals surface area contributed by atoms with Gasteiger partial charge in [-0.15, -0.1) is 11.3 Å². The number of aromatic carboxylic acids is 1. The number of carbonyl (C=O) groups is 1. The first-order chi connectivity index (χ1) is 12.4. The normalized spacial score (nSPS) is 14.3. The van der Waals surface area contributed by atoms with Gasteiger partial charge in [0.1, 0.15) is 10.7 Å². The second kappa shape index (κ2) is 7.62. The molecule has 26 heavy (non-hydrogen) atoms. The van der Waals surface area contributed by atoms with Crippen LogP contribution in [0.15, 0.2) is 12.1 Å². The average molecular weight is 395 g/mol. The summed E-state index contributed by atoms with van der Waals surface area (Å²) in [5.74, 6) is -1.61. The Kier molecular flexibility index (Phi) is 5.47. The molecule has 1 aliphatic rings. The Hall–Kier alpha value is -2.14. The summed E-state index contributed by atoms with van der Waals surface area (Å²) in [6.45, 7) is 11.5. The third-order valence-electron chi connectivity index (χ3n) is 4.30. The number of aryl methyl sites for hydroxylation is 1. The van der Waals surface area contributed by atoms with Crippen LogP contribution in [0.4, 0.5) is 15.1 Å². The van der Waals surface area contributed by atoms with Crippen LogP contribution in [0.25, 0.3) is 4.85 Å². The number of ether oxygens (including phenoxy) is 1. The molecule has 8 heteroatoms. The lowest BCUT2D eigenvalue weighted by molar-refractivity contribution is 0.0701. The van der Waals surface area contributed by atoms with Gasteiger partial charge < -0.3 is 14.7 Å². The lowest BCUT2D eigenvalue weighted by atomic mass is 9.99. The summed E-state index contributed by atoms with van der Waals surface area (Å²) in [4.78, 5) is 17.4. The number of halogens is 2. The second-order valence-corrected chi connectivity index (χ2v) is 7.38. The molecule has 5 nitrogen and oxygen atoms in total. The molecule has 1 aliphatic heterocycles. The van der Waals surface area contributed by atoms with Crippen molar-refractivity contribution in [3.8, 4) is 0 Å². The summed E-state index contributed by atoms with van der Waals surface area (Å²) in [5, 5.41) is 10.5. The number of carboxylic acid groups (broad SMARTS) is 1. The highest BCUT2D eigenvalue weighted by Gasteiger charge is 2.27. The molecular formula is C18H16ClFN2O3S. The molecule has 3 rings (SSSR count). The first-order valence-corrected chi connectivity index (χ1v) is 9.15. The van der Waals surface area contributed by atoms with Crippen molar-refractivity contribution in [2.45, 2.75) is 13.3 Å². The lowest BCUT2D eigenvalue weighted by Gasteiger charge is -2.28. The molecule has 136 valence electrons. The quantitative estimate of drug-likeness (QED) is 0.774. The number of benzene rings is 1. The highest BCUT2D eigenvalue weighted by molar-refractivity contribution is 7.18. The third-order valence-corrected chi connectivity index (χ3v) is 5.79. The Balaban J connectivity index is 2.10. The van der Waals surface area contributed by atoms with E-state index in [2.05, 4.69) is 4.85 Å². The van der Waals surface area contributed by atoms with Crippen molar-refractivity contribution in [3.05, 3.63) is 56.0 Å². The fourth-order valence-corrected chi connectivity index (χ4v) is 4.42. The number of carboxylic acids is 1. The Labute approximate surface area is 159 Å². The number of morpholine rings is 1. The number of hydrogen-bond donors (Lipinski definition) is 1.